The Kier molecular flexibility index (Phi) is 5.97. The molecule has 0 aliphatic carbocycles. The number of imide groups is 1. The molecule has 4 rings (SSSR count). The highest BCUT2D eigenvalue weighted by Gasteiger charge is 2.35. The number of aryl methyl sites for hydroxylation is 1. The molecule has 3 aromatic rings. The summed E-state index contributed by atoms with van der Waals surface area (Å²) in [4.78, 5) is 26.8. The van der Waals surface area contributed by atoms with Gasteiger partial charge in [-0.2, -0.15) is 0 Å². The second kappa shape index (κ2) is 8.54. The number of carbonyl (C=O) groups is 2. The highest BCUT2D eigenvalue weighted by molar-refractivity contribution is 8.18. The van der Waals surface area contributed by atoms with Gasteiger partial charge >= 0.3 is 0 Å². The molecule has 0 spiro atoms. The van der Waals surface area contributed by atoms with Crippen molar-refractivity contribution in [2.75, 3.05) is 0 Å². The molecular formula is C23H17Cl2FN2O2S. The fourth-order valence-electron chi connectivity index (χ4n) is 3.52. The molecule has 2 heterocycles. The summed E-state index contributed by atoms with van der Waals surface area (Å²) in [5, 5.41) is 0.444. The van der Waals surface area contributed by atoms with Gasteiger partial charge in [0.1, 0.15) is 5.82 Å². The van der Waals surface area contributed by atoms with Crippen LogP contribution in [0, 0.1) is 19.7 Å². The molecule has 1 aliphatic heterocycles. The first-order chi connectivity index (χ1) is 14.7. The Morgan fingerprint density at radius 3 is 2.42 bits per heavy atom. The van der Waals surface area contributed by atoms with Crippen molar-refractivity contribution in [1.82, 2.24) is 9.47 Å². The van der Waals surface area contributed by atoms with Crippen molar-refractivity contribution in [3.05, 3.63) is 91.8 Å². The maximum Gasteiger partial charge on any atom is 0.293 e. The molecule has 0 saturated carbocycles. The molecule has 1 fully saturated rings. The predicted molar refractivity (Wildman–Crippen MR) is 123 cm³/mol. The molecule has 0 atom stereocenters. The molecule has 2 amide bonds. The van der Waals surface area contributed by atoms with E-state index in [1.165, 1.54) is 12.1 Å². The van der Waals surface area contributed by atoms with E-state index in [1.807, 2.05) is 44.2 Å². The number of benzene rings is 2. The first kappa shape index (κ1) is 21.7. The quantitative estimate of drug-likeness (QED) is 0.391. The lowest BCUT2D eigenvalue weighted by atomic mass is 10.2. The van der Waals surface area contributed by atoms with E-state index in [2.05, 4.69) is 4.57 Å². The number of nitrogens with zero attached hydrogens (tertiary/aromatic N) is 2. The number of carbonyl (C=O) groups excluding carboxylic acids is 2. The summed E-state index contributed by atoms with van der Waals surface area (Å²) >= 11 is 12.9. The SMILES string of the molecule is Cc1cc(/C=C2/SC(=O)N(Cc3ccc(F)cc3Cl)C2=O)c(C)n1-c1ccc(Cl)cc1. The smallest absolute Gasteiger partial charge is 0.293 e. The van der Waals surface area contributed by atoms with Crippen LogP contribution < -0.4 is 0 Å². The number of hydrogen-bond donors (Lipinski definition) is 0. The molecule has 1 aliphatic rings. The number of thioether (sulfide) groups is 1. The van der Waals surface area contributed by atoms with E-state index in [4.69, 9.17) is 23.2 Å². The summed E-state index contributed by atoms with van der Waals surface area (Å²) in [5.41, 5.74) is 4.24. The van der Waals surface area contributed by atoms with Crippen LogP contribution in [-0.4, -0.2) is 20.6 Å². The molecule has 8 heteroatoms. The van der Waals surface area contributed by atoms with Gasteiger partial charge in [0.05, 0.1) is 11.4 Å². The molecular weight excluding hydrogens is 458 g/mol. The zero-order valence-electron chi connectivity index (χ0n) is 16.7. The van der Waals surface area contributed by atoms with E-state index < -0.39 is 11.7 Å². The van der Waals surface area contributed by atoms with Crippen molar-refractivity contribution in [3.8, 4) is 5.69 Å². The van der Waals surface area contributed by atoms with E-state index in [0.717, 1.165) is 45.4 Å². The first-order valence-corrected chi connectivity index (χ1v) is 11.0. The lowest BCUT2D eigenvalue weighted by molar-refractivity contribution is -0.123. The highest BCUT2D eigenvalue weighted by atomic mass is 35.5. The molecule has 0 N–H and O–H groups in total. The van der Waals surface area contributed by atoms with Crippen molar-refractivity contribution in [3.63, 3.8) is 0 Å². The number of amides is 2. The lowest BCUT2D eigenvalue weighted by Gasteiger charge is -2.13. The third-order valence-corrected chi connectivity index (χ3v) is 6.57. The van der Waals surface area contributed by atoms with Crippen LogP contribution in [0.5, 0.6) is 0 Å². The fourth-order valence-corrected chi connectivity index (χ4v) is 4.70. The maximum absolute atomic E-state index is 13.3. The Balaban J connectivity index is 1.62. The zero-order chi connectivity index (χ0) is 22.3. The topological polar surface area (TPSA) is 42.3 Å². The fraction of sp³-hybridized carbons (Fsp3) is 0.130. The Hall–Kier alpha value is -2.54. The summed E-state index contributed by atoms with van der Waals surface area (Å²) < 4.78 is 15.3. The van der Waals surface area contributed by atoms with Crippen molar-refractivity contribution in [2.24, 2.45) is 0 Å². The van der Waals surface area contributed by atoms with Crippen molar-refractivity contribution < 1.29 is 14.0 Å². The van der Waals surface area contributed by atoms with Crippen LogP contribution in [0.2, 0.25) is 10.0 Å². The van der Waals surface area contributed by atoms with Crippen LogP contribution in [-0.2, 0) is 11.3 Å². The van der Waals surface area contributed by atoms with Crippen molar-refractivity contribution in [1.29, 1.82) is 0 Å². The van der Waals surface area contributed by atoms with E-state index >= 15 is 0 Å². The summed E-state index contributed by atoms with van der Waals surface area (Å²) in [6.07, 6.45) is 1.73. The first-order valence-electron chi connectivity index (χ1n) is 9.39. The molecule has 1 aromatic heterocycles. The van der Waals surface area contributed by atoms with Gasteiger partial charge in [0.15, 0.2) is 0 Å². The van der Waals surface area contributed by atoms with Crippen LogP contribution >= 0.6 is 35.0 Å². The third-order valence-electron chi connectivity index (χ3n) is 5.06. The van der Waals surface area contributed by atoms with Crippen LogP contribution in [0.1, 0.15) is 22.5 Å². The molecule has 2 aromatic carbocycles. The third kappa shape index (κ3) is 4.28. The summed E-state index contributed by atoms with van der Waals surface area (Å²) in [6, 6.07) is 13.3. The lowest BCUT2D eigenvalue weighted by Crippen LogP contribution is -2.27. The van der Waals surface area contributed by atoms with Crippen LogP contribution in [0.25, 0.3) is 11.8 Å². The van der Waals surface area contributed by atoms with Crippen molar-refractivity contribution >= 4 is 52.2 Å². The minimum atomic E-state index is -0.473. The van der Waals surface area contributed by atoms with Gasteiger partial charge in [-0.25, -0.2) is 4.39 Å². The molecule has 158 valence electrons. The molecule has 0 bridgehead atoms. The molecule has 4 nitrogen and oxygen atoms in total. The maximum atomic E-state index is 13.3. The Bertz CT molecular complexity index is 1240. The summed E-state index contributed by atoms with van der Waals surface area (Å²) in [5.74, 6) is -0.870. The van der Waals surface area contributed by atoms with Gasteiger partial charge in [0, 0.05) is 27.1 Å². The number of aromatic nitrogens is 1. The Labute approximate surface area is 193 Å². The zero-order valence-corrected chi connectivity index (χ0v) is 19.0. The van der Waals surface area contributed by atoms with E-state index in [0.29, 0.717) is 15.5 Å². The molecule has 1 saturated heterocycles. The molecule has 31 heavy (non-hydrogen) atoms. The Morgan fingerprint density at radius 1 is 1.03 bits per heavy atom. The van der Waals surface area contributed by atoms with Gasteiger partial charge in [-0.05, 0) is 85.3 Å². The summed E-state index contributed by atoms with van der Waals surface area (Å²) in [7, 11) is 0. The van der Waals surface area contributed by atoms with Gasteiger partial charge in [-0.15, -0.1) is 0 Å². The van der Waals surface area contributed by atoms with Crippen molar-refractivity contribution in [2.45, 2.75) is 20.4 Å². The van der Waals surface area contributed by atoms with E-state index in [1.54, 1.807) is 6.08 Å². The number of hydrogen-bond acceptors (Lipinski definition) is 3. The summed E-state index contributed by atoms with van der Waals surface area (Å²) in [6.45, 7) is 3.92. The normalized spacial score (nSPS) is 15.4. The average Bonchev–Trinajstić information content (AvgIpc) is 3.14. The molecule has 0 radical (unpaired) electrons. The van der Waals surface area contributed by atoms with Gasteiger partial charge in [0.25, 0.3) is 11.1 Å². The minimum absolute atomic E-state index is 0.00901. The Morgan fingerprint density at radius 2 is 1.74 bits per heavy atom. The van der Waals surface area contributed by atoms with Gasteiger partial charge in [-0.3, -0.25) is 14.5 Å². The number of rotatable bonds is 4. The largest absolute Gasteiger partial charge is 0.318 e. The van der Waals surface area contributed by atoms with Crippen LogP contribution in [0.15, 0.2) is 53.4 Å². The van der Waals surface area contributed by atoms with Gasteiger partial charge in [-0.1, -0.05) is 29.3 Å². The average molecular weight is 475 g/mol. The second-order valence-electron chi connectivity index (χ2n) is 7.14. The second-order valence-corrected chi connectivity index (χ2v) is 8.98. The predicted octanol–water partition coefficient (Wildman–Crippen LogP) is 6.78. The van der Waals surface area contributed by atoms with Crippen LogP contribution in [0.4, 0.5) is 9.18 Å². The number of halogens is 3. The minimum Gasteiger partial charge on any atom is -0.318 e. The highest BCUT2D eigenvalue weighted by Crippen LogP contribution is 2.35. The standard InChI is InChI=1S/C23H17Cl2FN2O2S/c1-13-9-16(14(2)28(13)19-7-4-17(24)5-8-19)10-21-22(29)27(23(30)31-21)12-15-3-6-18(26)11-20(15)25/h3-11H,12H2,1-2H3/b21-10+. The van der Waals surface area contributed by atoms with E-state index in [-0.39, 0.29) is 16.8 Å². The van der Waals surface area contributed by atoms with E-state index in [9.17, 15) is 14.0 Å². The monoisotopic (exact) mass is 474 g/mol. The molecule has 0 unspecified atom stereocenters. The van der Waals surface area contributed by atoms with Gasteiger partial charge < -0.3 is 4.57 Å². The van der Waals surface area contributed by atoms with Crippen LogP contribution in [0.3, 0.4) is 0 Å². The van der Waals surface area contributed by atoms with Gasteiger partial charge in [0.2, 0.25) is 0 Å².